The monoisotopic (exact) mass is 416 g/mol. The predicted octanol–water partition coefficient (Wildman–Crippen LogP) is 5.29. The summed E-state index contributed by atoms with van der Waals surface area (Å²) < 4.78 is 6.82. The lowest BCUT2D eigenvalue weighted by Gasteiger charge is -2.43. The van der Waals surface area contributed by atoms with Gasteiger partial charge in [-0.1, -0.05) is 110 Å². The first kappa shape index (κ1) is 20.2. The van der Waals surface area contributed by atoms with E-state index >= 15 is 0 Å². The zero-order valence-electron chi connectivity index (χ0n) is 15.5. The summed E-state index contributed by atoms with van der Waals surface area (Å²) in [6, 6.07) is 21.7. The first-order valence-corrected chi connectivity index (χ1v) is 12.0. The Morgan fingerprint density at radius 3 is 1.76 bits per heavy atom. The van der Waals surface area contributed by atoms with E-state index in [0.717, 1.165) is 24.8 Å². The van der Waals surface area contributed by atoms with Crippen LogP contribution < -0.4 is 10.4 Å². The fourth-order valence-electron chi connectivity index (χ4n) is 3.34. The van der Waals surface area contributed by atoms with Gasteiger partial charge in [0.15, 0.2) is 0 Å². The number of hydrogen-bond donors (Lipinski definition) is 0. The van der Waals surface area contributed by atoms with Crippen molar-refractivity contribution in [2.45, 2.75) is 38.7 Å². The van der Waals surface area contributed by atoms with Crippen LogP contribution in [0.25, 0.3) is 0 Å². The van der Waals surface area contributed by atoms with Crippen LogP contribution in [0, 0.1) is 0 Å². The van der Waals surface area contributed by atoms with Crippen LogP contribution >= 0.6 is 15.9 Å². The van der Waals surface area contributed by atoms with Crippen LogP contribution in [0.4, 0.5) is 0 Å². The smallest absolute Gasteiger partial charge is 0.261 e. The van der Waals surface area contributed by atoms with E-state index in [9.17, 15) is 0 Å². The molecule has 25 heavy (non-hydrogen) atoms. The lowest BCUT2D eigenvalue weighted by atomic mass is 10.2. The highest BCUT2D eigenvalue weighted by molar-refractivity contribution is 9.09. The number of hydrogen-bond acceptors (Lipinski definition) is 1. The van der Waals surface area contributed by atoms with Crippen molar-refractivity contribution in [3.8, 4) is 0 Å². The summed E-state index contributed by atoms with van der Waals surface area (Å²) in [7, 11) is -2.36. The van der Waals surface area contributed by atoms with Crippen molar-refractivity contribution in [1.29, 1.82) is 0 Å². The van der Waals surface area contributed by atoms with Crippen molar-refractivity contribution in [3.63, 3.8) is 0 Å². The summed E-state index contributed by atoms with van der Waals surface area (Å²) >= 11 is 3.46. The second-order valence-corrected chi connectivity index (χ2v) is 12.3. The summed E-state index contributed by atoms with van der Waals surface area (Å²) in [6.07, 6.45) is 6.49. The molecule has 0 aliphatic heterocycles. The number of benzene rings is 2. The third kappa shape index (κ3) is 4.93. The quantitative estimate of drug-likeness (QED) is 0.245. The van der Waals surface area contributed by atoms with E-state index in [1.807, 2.05) is 0 Å². The van der Waals surface area contributed by atoms with Crippen LogP contribution in [-0.2, 0) is 4.43 Å². The molecule has 2 rings (SSSR count). The van der Waals surface area contributed by atoms with Gasteiger partial charge in [0.1, 0.15) is 0 Å². The maximum Gasteiger partial charge on any atom is 0.261 e. The molecular weight excluding hydrogens is 388 g/mol. The summed E-state index contributed by atoms with van der Waals surface area (Å²) in [5.74, 6) is 0. The van der Waals surface area contributed by atoms with Crippen molar-refractivity contribution in [1.82, 2.24) is 0 Å². The number of rotatable bonds is 8. The molecule has 2 aromatic carbocycles. The first-order chi connectivity index (χ1) is 12.0. The zero-order valence-corrected chi connectivity index (χ0v) is 18.1. The minimum absolute atomic E-state index is 0.0509. The fourth-order valence-corrected chi connectivity index (χ4v) is 8.18. The average molecular weight is 417 g/mol. The van der Waals surface area contributed by atoms with Gasteiger partial charge in [0.2, 0.25) is 0 Å². The minimum Gasteiger partial charge on any atom is -0.407 e. The van der Waals surface area contributed by atoms with Crippen LogP contribution in [0.5, 0.6) is 0 Å². The van der Waals surface area contributed by atoms with Crippen molar-refractivity contribution in [2.75, 3.05) is 11.9 Å². The molecule has 0 spiro atoms. The molecule has 3 heteroatoms. The van der Waals surface area contributed by atoms with Gasteiger partial charge in [0.25, 0.3) is 8.32 Å². The molecule has 0 N–H and O–H groups in total. The maximum absolute atomic E-state index is 6.82. The Morgan fingerprint density at radius 2 is 1.32 bits per heavy atom. The molecule has 0 amide bonds. The first-order valence-electron chi connectivity index (χ1n) is 8.98. The molecule has 2 aromatic rings. The second-order valence-electron chi connectivity index (χ2n) is 7.25. The zero-order chi connectivity index (χ0) is 18.2. The van der Waals surface area contributed by atoms with Crippen LogP contribution in [0.2, 0.25) is 5.04 Å². The predicted molar refractivity (Wildman–Crippen MR) is 116 cm³/mol. The Balaban J connectivity index is 2.39. The second kappa shape index (κ2) is 9.51. The summed E-state index contributed by atoms with van der Waals surface area (Å²) in [6.45, 7) is 7.71. The van der Waals surface area contributed by atoms with Crippen LogP contribution in [-0.4, -0.2) is 20.3 Å². The van der Waals surface area contributed by atoms with E-state index in [1.54, 1.807) is 0 Å². The van der Waals surface area contributed by atoms with E-state index in [2.05, 4.69) is 110 Å². The maximum atomic E-state index is 6.82. The van der Waals surface area contributed by atoms with Gasteiger partial charge in [-0.25, -0.2) is 0 Å². The molecule has 0 saturated heterocycles. The van der Waals surface area contributed by atoms with Crippen molar-refractivity contribution in [2.24, 2.45) is 0 Å². The highest BCUT2D eigenvalue weighted by atomic mass is 79.9. The molecular formula is C22H29BrOSi. The topological polar surface area (TPSA) is 9.23 Å². The van der Waals surface area contributed by atoms with Gasteiger partial charge in [-0.05, 0) is 28.3 Å². The number of alkyl halides is 1. The van der Waals surface area contributed by atoms with Gasteiger partial charge in [-0.3, -0.25) is 0 Å². The molecule has 0 aliphatic carbocycles. The largest absolute Gasteiger partial charge is 0.407 e. The average Bonchev–Trinajstić information content (AvgIpc) is 2.62. The molecule has 0 aromatic heterocycles. The molecule has 134 valence electrons. The Kier molecular flexibility index (Phi) is 7.67. The van der Waals surface area contributed by atoms with E-state index in [1.165, 1.54) is 10.4 Å². The van der Waals surface area contributed by atoms with Crippen molar-refractivity contribution >= 4 is 34.6 Å². The van der Waals surface area contributed by atoms with Gasteiger partial charge >= 0.3 is 0 Å². The van der Waals surface area contributed by atoms with Crippen molar-refractivity contribution < 1.29 is 4.43 Å². The molecule has 0 radical (unpaired) electrons. The Hall–Kier alpha value is -1.16. The molecule has 0 fully saturated rings. The third-order valence-corrected chi connectivity index (χ3v) is 9.96. The molecule has 1 nitrogen and oxygen atoms in total. The Morgan fingerprint density at radius 1 is 0.840 bits per heavy atom. The van der Waals surface area contributed by atoms with Crippen LogP contribution in [0.3, 0.4) is 0 Å². The van der Waals surface area contributed by atoms with Gasteiger partial charge in [0.05, 0.1) is 0 Å². The van der Waals surface area contributed by atoms with Crippen LogP contribution in [0.1, 0.15) is 33.6 Å². The summed E-state index contributed by atoms with van der Waals surface area (Å²) in [5, 5.41) is 3.75. The SMILES string of the molecule is CC(C)(C)[Si](OCC/C=C\CCBr)(c1ccccc1)c1ccccc1. The Labute approximate surface area is 162 Å². The van der Waals surface area contributed by atoms with Crippen molar-refractivity contribution in [3.05, 3.63) is 72.8 Å². The molecule has 0 unspecified atom stereocenters. The molecule has 0 aliphatic rings. The number of allylic oxidation sites excluding steroid dienone is 1. The Bertz CT molecular complexity index is 607. The summed E-state index contributed by atoms with van der Waals surface area (Å²) in [4.78, 5) is 0. The minimum atomic E-state index is -2.36. The van der Waals surface area contributed by atoms with E-state index in [0.29, 0.717) is 0 Å². The molecule has 0 heterocycles. The van der Waals surface area contributed by atoms with Gasteiger partial charge in [-0.15, -0.1) is 0 Å². The van der Waals surface area contributed by atoms with Gasteiger partial charge in [-0.2, -0.15) is 0 Å². The lowest BCUT2D eigenvalue weighted by Crippen LogP contribution is -2.66. The standard InChI is InChI=1S/C22H29BrOSi/c1-22(2,3)25(20-14-8-6-9-15-20,21-16-10-7-11-17-21)24-19-13-5-4-12-18-23/h4-11,14-17H,12-13,18-19H2,1-3H3/b5-4-. The fraction of sp³-hybridized carbons (Fsp3) is 0.364. The van der Waals surface area contributed by atoms with E-state index < -0.39 is 8.32 Å². The highest BCUT2D eigenvalue weighted by Crippen LogP contribution is 2.36. The normalized spacial score (nSPS) is 12.6. The molecule has 0 atom stereocenters. The summed E-state index contributed by atoms with van der Waals surface area (Å²) in [5.41, 5.74) is 0. The van der Waals surface area contributed by atoms with Crippen LogP contribution in [0.15, 0.2) is 72.8 Å². The molecule has 0 saturated carbocycles. The number of halogens is 1. The van der Waals surface area contributed by atoms with Gasteiger partial charge in [0, 0.05) is 11.9 Å². The third-order valence-electron chi connectivity index (χ3n) is 4.46. The highest BCUT2D eigenvalue weighted by Gasteiger charge is 2.49. The van der Waals surface area contributed by atoms with E-state index in [-0.39, 0.29) is 5.04 Å². The lowest BCUT2D eigenvalue weighted by molar-refractivity contribution is 0.304. The molecule has 0 bridgehead atoms. The van der Waals surface area contributed by atoms with Gasteiger partial charge < -0.3 is 4.43 Å². The van der Waals surface area contributed by atoms with E-state index in [4.69, 9.17) is 4.43 Å².